The van der Waals surface area contributed by atoms with Crippen molar-refractivity contribution < 1.29 is 9.59 Å². The zero-order valence-corrected chi connectivity index (χ0v) is 13.7. The van der Waals surface area contributed by atoms with E-state index in [-0.39, 0.29) is 23.4 Å². The van der Waals surface area contributed by atoms with Gasteiger partial charge in [-0.05, 0) is 18.4 Å². The highest BCUT2D eigenvalue weighted by atomic mass is 16.2. The maximum Gasteiger partial charge on any atom is 0.317 e. The maximum atomic E-state index is 12.6. The minimum atomic E-state index is -0.286. The van der Waals surface area contributed by atoms with Crippen LogP contribution in [-0.4, -0.2) is 63.9 Å². The molecule has 8 heteroatoms. The van der Waals surface area contributed by atoms with E-state index in [1.165, 1.54) is 0 Å². The molecule has 2 aliphatic heterocycles. The second-order valence-corrected chi connectivity index (χ2v) is 6.80. The van der Waals surface area contributed by atoms with E-state index in [4.69, 9.17) is 5.73 Å². The van der Waals surface area contributed by atoms with Gasteiger partial charge in [-0.2, -0.15) is 0 Å². The van der Waals surface area contributed by atoms with Gasteiger partial charge in [-0.25, -0.2) is 14.8 Å². The molecule has 0 radical (unpaired) electrons. The number of aromatic nitrogens is 2. The predicted molar refractivity (Wildman–Crippen MR) is 84.8 cm³/mol. The van der Waals surface area contributed by atoms with E-state index in [1.54, 1.807) is 22.9 Å². The standard InChI is InChI=1S/C15H22N6O2/c1-9(2)4-10-5-11(19-13(16)18-10)12(22)21-7-15(8-21)6-17-14(23)20(15)3/h5,9H,4,6-8H2,1-3H3,(H,17,23)(H2,16,18,19). The van der Waals surface area contributed by atoms with Crippen LogP contribution in [0.2, 0.25) is 0 Å². The molecule has 124 valence electrons. The number of hydrogen-bond donors (Lipinski definition) is 2. The summed E-state index contributed by atoms with van der Waals surface area (Å²) in [6.45, 7) is 5.74. The van der Waals surface area contributed by atoms with Crippen LogP contribution in [0.3, 0.4) is 0 Å². The SMILES string of the molecule is CC(C)Cc1cc(C(=O)N2CC3(CNC(=O)N3C)C2)nc(N)n1. The van der Waals surface area contributed by atoms with Crippen molar-refractivity contribution in [2.75, 3.05) is 32.4 Å². The molecule has 0 saturated carbocycles. The lowest BCUT2D eigenvalue weighted by atomic mass is 9.89. The van der Waals surface area contributed by atoms with E-state index in [1.807, 2.05) is 0 Å². The summed E-state index contributed by atoms with van der Waals surface area (Å²) in [7, 11) is 1.76. The van der Waals surface area contributed by atoms with Crippen LogP contribution in [0.4, 0.5) is 10.7 Å². The molecule has 0 aromatic carbocycles. The van der Waals surface area contributed by atoms with Gasteiger partial charge in [-0.1, -0.05) is 13.8 Å². The molecule has 8 nitrogen and oxygen atoms in total. The quantitative estimate of drug-likeness (QED) is 0.823. The molecule has 1 spiro atoms. The van der Waals surface area contributed by atoms with Crippen molar-refractivity contribution in [2.24, 2.45) is 5.92 Å². The van der Waals surface area contributed by atoms with E-state index in [9.17, 15) is 9.59 Å². The second kappa shape index (κ2) is 5.36. The predicted octanol–water partition coefficient (Wildman–Crippen LogP) is 0.107. The van der Waals surface area contributed by atoms with Gasteiger partial charge < -0.3 is 20.9 Å². The highest BCUT2D eigenvalue weighted by molar-refractivity contribution is 5.94. The number of hydrogen-bond acceptors (Lipinski definition) is 5. The molecule has 3 amide bonds. The van der Waals surface area contributed by atoms with E-state index >= 15 is 0 Å². The molecule has 0 bridgehead atoms. The van der Waals surface area contributed by atoms with E-state index in [2.05, 4.69) is 29.1 Å². The normalized spacial score (nSPS) is 19.2. The minimum absolute atomic E-state index is 0.0948. The van der Waals surface area contributed by atoms with Crippen molar-refractivity contribution in [1.29, 1.82) is 0 Å². The fraction of sp³-hybridized carbons (Fsp3) is 0.600. The number of nitrogens with one attached hydrogen (secondary N) is 1. The van der Waals surface area contributed by atoms with Crippen LogP contribution in [-0.2, 0) is 6.42 Å². The van der Waals surface area contributed by atoms with Gasteiger partial charge in [0, 0.05) is 32.4 Å². The van der Waals surface area contributed by atoms with Crippen LogP contribution in [0.5, 0.6) is 0 Å². The Labute approximate surface area is 135 Å². The fourth-order valence-corrected chi connectivity index (χ4v) is 3.14. The van der Waals surface area contributed by atoms with Gasteiger partial charge >= 0.3 is 6.03 Å². The number of anilines is 1. The summed E-state index contributed by atoms with van der Waals surface area (Å²) in [6.07, 6.45) is 0.748. The minimum Gasteiger partial charge on any atom is -0.368 e. The van der Waals surface area contributed by atoms with Crippen molar-refractivity contribution in [3.63, 3.8) is 0 Å². The number of nitrogens with two attached hydrogens (primary N) is 1. The molecule has 2 fully saturated rings. The number of urea groups is 1. The Morgan fingerprint density at radius 3 is 2.70 bits per heavy atom. The van der Waals surface area contributed by atoms with Gasteiger partial charge in [0.2, 0.25) is 5.95 Å². The van der Waals surface area contributed by atoms with Crippen LogP contribution in [0.25, 0.3) is 0 Å². The molecular formula is C15H22N6O2. The Morgan fingerprint density at radius 2 is 2.13 bits per heavy atom. The van der Waals surface area contributed by atoms with Crippen LogP contribution in [0.15, 0.2) is 6.07 Å². The molecule has 3 rings (SSSR count). The first kappa shape index (κ1) is 15.5. The van der Waals surface area contributed by atoms with E-state index in [0.29, 0.717) is 31.2 Å². The Morgan fingerprint density at radius 1 is 1.43 bits per heavy atom. The molecule has 23 heavy (non-hydrogen) atoms. The molecule has 0 atom stereocenters. The molecular weight excluding hydrogens is 296 g/mol. The lowest BCUT2D eigenvalue weighted by Crippen LogP contribution is -2.70. The Kier molecular flexibility index (Phi) is 3.62. The number of carbonyl (C=O) groups is 2. The molecule has 3 N–H and O–H groups in total. The summed E-state index contributed by atoms with van der Waals surface area (Å²) >= 11 is 0. The average Bonchev–Trinajstić information content (AvgIpc) is 2.72. The van der Waals surface area contributed by atoms with Gasteiger partial charge in [0.05, 0.1) is 5.54 Å². The average molecular weight is 318 g/mol. The topological polar surface area (TPSA) is 104 Å². The van der Waals surface area contributed by atoms with Gasteiger partial charge in [0.15, 0.2) is 0 Å². The molecule has 2 aliphatic rings. The fourth-order valence-electron chi connectivity index (χ4n) is 3.14. The monoisotopic (exact) mass is 318 g/mol. The number of rotatable bonds is 3. The second-order valence-electron chi connectivity index (χ2n) is 6.80. The van der Waals surface area contributed by atoms with Crippen molar-refractivity contribution in [3.8, 4) is 0 Å². The van der Waals surface area contributed by atoms with E-state index in [0.717, 1.165) is 12.1 Å². The molecule has 3 heterocycles. The van der Waals surface area contributed by atoms with Crippen LogP contribution >= 0.6 is 0 Å². The van der Waals surface area contributed by atoms with Crippen LogP contribution in [0, 0.1) is 5.92 Å². The molecule has 0 aliphatic carbocycles. The number of amides is 3. The summed E-state index contributed by atoms with van der Waals surface area (Å²) in [5.41, 5.74) is 6.55. The zero-order chi connectivity index (χ0) is 16.8. The first-order chi connectivity index (χ1) is 10.8. The highest BCUT2D eigenvalue weighted by Crippen LogP contribution is 2.31. The van der Waals surface area contributed by atoms with Crippen molar-refractivity contribution in [3.05, 3.63) is 17.5 Å². The lowest BCUT2D eigenvalue weighted by Gasteiger charge is -2.50. The number of likely N-dealkylation sites (tertiary alicyclic amines) is 1. The third-order valence-corrected chi connectivity index (χ3v) is 4.48. The first-order valence-electron chi connectivity index (χ1n) is 7.75. The molecule has 1 aromatic heterocycles. The van der Waals surface area contributed by atoms with E-state index < -0.39 is 0 Å². The summed E-state index contributed by atoms with van der Waals surface area (Å²) in [5.74, 6) is 0.378. The lowest BCUT2D eigenvalue weighted by molar-refractivity contribution is 0.00734. The third-order valence-electron chi connectivity index (χ3n) is 4.48. The van der Waals surface area contributed by atoms with Gasteiger partial charge in [0.25, 0.3) is 5.91 Å². The Bertz CT molecular complexity index is 653. The molecule has 1 aromatic rings. The Balaban J connectivity index is 1.73. The van der Waals surface area contributed by atoms with Crippen molar-refractivity contribution >= 4 is 17.9 Å². The summed E-state index contributed by atoms with van der Waals surface area (Å²) in [6, 6.07) is 1.62. The van der Waals surface area contributed by atoms with Crippen LogP contribution < -0.4 is 11.1 Å². The van der Waals surface area contributed by atoms with Crippen molar-refractivity contribution in [2.45, 2.75) is 25.8 Å². The number of nitrogens with zero attached hydrogens (tertiary/aromatic N) is 4. The summed E-state index contributed by atoms with van der Waals surface area (Å²) < 4.78 is 0. The number of likely N-dealkylation sites (N-methyl/N-ethyl adjacent to an activating group) is 1. The molecule has 2 saturated heterocycles. The largest absolute Gasteiger partial charge is 0.368 e. The van der Waals surface area contributed by atoms with Gasteiger partial charge in [-0.15, -0.1) is 0 Å². The maximum absolute atomic E-state index is 12.6. The van der Waals surface area contributed by atoms with Crippen LogP contribution in [0.1, 0.15) is 30.0 Å². The first-order valence-corrected chi connectivity index (χ1v) is 7.75. The number of carbonyl (C=O) groups excluding carboxylic acids is 2. The summed E-state index contributed by atoms with van der Waals surface area (Å²) in [4.78, 5) is 35.8. The van der Waals surface area contributed by atoms with Gasteiger partial charge in [0.1, 0.15) is 5.69 Å². The highest BCUT2D eigenvalue weighted by Gasteiger charge is 2.53. The summed E-state index contributed by atoms with van der Waals surface area (Å²) in [5, 5.41) is 2.80. The third kappa shape index (κ3) is 2.69. The molecule has 0 unspecified atom stereocenters. The van der Waals surface area contributed by atoms with Crippen molar-refractivity contribution in [1.82, 2.24) is 25.1 Å². The zero-order valence-electron chi connectivity index (χ0n) is 13.7. The smallest absolute Gasteiger partial charge is 0.317 e. The number of nitrogen functional groups attached to an aromatic ring is 1. The van der Waals surface area contributed by atoms with Gasteiger partial charge in [-0.3, -0.25) is 4.79 Å². The Hall–Kier alpha value is -2.38.